The van der Waals surface area contributed by atoms with Gasteiger partial charge in [-0.25, -0.2) is 0 Å². The highest BCUT2D eigenvalue weighted by Crippen LogP contribution is 2.31. The molecule has 0 radical (unpaired) electrons. The summed E-state index contributed by atoms with van der Waals surface area (Å²) >= 11 is 11.7. The molecule has 1 aromatic carbocycles. The number of carbonyl (C=O) groups excluding carboxylic acids is 2. The average Bonchev–Trinajstić information content (AvgIpc) is 2.73. The monoisotopic (exact) mass is 331 g/mol. The molecule has 1 aliphatic heterocycles. The Kier molecular flexibility index (Phi) is 4.34. The summed E-state index contributed by atoms with van der Waals surface area (Å²) in [5.74, 6) is -0.879. The van der Waals surface area contributed by atoms with Gasteiger partial charge in [0.05, 0.1) is 20.5 Å². The molecule has 1 saturated heterocycles. The third kappa shape index (κ3) is 3.08. The van der Waals surface area contributed by atoms with Crippen LogP contribution in [0.25, 0.3) is 0 Å². The lowest BCUT2D eigenvalue weighted by Gasteiger charge is -2.13. The van der Waals surface area contributed by atoms with Crippen molar-refractivity contribution in [3.8, 4) is 0 Å². The maximum Gasteiger partial charge on any atom is 0.271 e. The minimum atomic E-state index is -0.673. The lowest BCUT2D eigenvalue weighted by Crippen LogP contribution is -2.40. The van der Waals surface area contributed by atoms with Crippen molar-refractivity contribution in [1.29, 1.82) is 0 Å². The molecule has 9 heteroatoms. The van der Waals surface area contributed by atoms with Gasteiger partial charge in [0.2, 0.25) is 5.91 Å². The lowest BCUT2D eigenvalue weighted by atomic mass is 10.1. The first-order chi connectivity index (χ1) is 9.81. The van der Waals surface area contributed by atoms with E-state index in [1.165, 1.54) is 4.90 Å². The number of benzene rings is 1. The van der Waals surface area contributed by atoms with E-state index in [-0.39, 0.29) is 27.2 Å². The van der Waals surface area contributed by atoms with E-state index in [0.717, 1.165) is 12.1 Å². The molecule has 1 unspecified atom stereocenters. The van der Waals surface area contributed by atoms with Crippen LogP contribution in [0.5, 0.6) is 0 Å². The highest BCUT2D eigenvalue weighted by Gasteiger charge is 2.31. The zero-order valence-corrected chi connectivity index (χ0v) is 12.4. The van der Waals surface area contributed by atoms with Crippen molar-refractivity contribution >= 4 is 40.7 Å². The number of amides is 2. The van der Waals surface area contributed by atoms with Gasteiger partial charge in [0.1, 0.15) is 6.04 Å². The highest BCUT2D eigenvalue weighted by molar-refractivity contribution is 6.44. The number of rotatable bonds is 3. The molecule has 0 spiro atoms. The van der Waals surface area contributed by atoms with E-state index in [1.807, 2.05) is 0 Å². The minimum absolute atomic E-state index is 0.0847. The van der Waals surface area contributed by atoms with E-state index in [2.05, 4.69) is 5.32 Å². The number of halogens is 2. The Hall–Kier alpha value is -1.86. The van der Waals surface area contributed by atoms with Gasteiger partial charge in [0.15, 0.2) is 0 Å². The molecule has 1 atom stereocenters. The van der Waals surface area contributed by atoms with Crippen LogP contribution in [0.1, 0.15) is 16.8 Å². The largest absolute Gasteiger partial charge is 0.344 e. The number of nitrogens with one attached hydrogen (secondary N) is 1. The molecule has 0 bridgehead atoms. The molecular formula is C12H11Cl2N3O4. The molecule has 1 aromatic rings. The predicted molar refractivity (Wildman–Crippen MR) is 76.6 cm³/mol. The topological polar surface area (TPSA) is 92.6 Å². The molecule has 0 saturated carbocycles. The molecule has 2 rings (SSSR count). The van der Waals surface area contributed by atoms with Crippen LogP contribution < -0.4 is 5.32 Å². The van der Waals surface area contributed by atoms with Crippen LogP contribution in [0.2, 0.25) is 10.0 Å². The number of likely N-dealkylation sites (N-methyl/N-ethyl adjacent to an activating group) is 1. The smallest absolute Gasteiger partial charge is 0.271 e. The summed E-state index contributed by atoms with van der Waals surface area (Å²) in [6.07, 6.45) is 0.474. The Bertz CT molecular complexity index is 635. The van der Waals surface area contributed by atoms with E-state index in [9.17, 15) is 19.7 Å². The molecule has 1 aliphatic rings. The van der Waals surface area contributed by atoms with Gasteiger partial charge in [-0.2, -0.15) is 0 Å². The molecule has 0 aliphatic carbocycles. The number of nitrogens with zero attached hydrogens (tertiary/aromatic N) is 2. The number of carbonyl (C=O) groups is 2. The van der Waals surface area contributed by atoms with Crippen molar-refractivity contribution in [2.24, 2.45) is 0 Å². The molecule has 0 aromatic heterocycles. The van der Waals surface area contributed by atoms with Crippen LogP contribution in [0.3, 0.4) is 0 Å². The van der Waals surface area contributed by atoms with E-state index < -0.39 is 16.9 Å². The number of nitro groups is 1. The first-order valence-corrected chi connectivity index (χ1v) is 6.76. The summed E-state index contributed by atoms with van der Waals surface area (Å²) in [5.41, 5.74) is -0.470. The number of likely N-dealkylation sites (tertiary alicyclic amines) is 1. The van der Waals surface area contributed by atoms with Gasteiger partial charge in [-0.1, -0.05) is 23.2 Å². The Morgan fingerprint density at radius 3 is 2.67 bits per heavy atom. The van der Waals surface area contributed by atoms with Gasteiger partial charge in [-0.3, -0.25) is 19.7 Å². The molecule has 2 amide bonds. The fourth-order valence-corrected chi connectivity index (χ4v) is 2.45. The minimum Gasteiger partial charge on any atom is -0.344 e. The van der Waals surface area contributed by atoms with Gasteiger partial charge < -0.3 is 10.2 Å². The molecule has 7 nitrogen and oxygen atoms in total. The fraction of sp³-hybridized carbons (Fsp3) is 0.333. The first-order valence-electron chi connectivity index (χ1n) is 6.00. The summed E-state index contributed by atoms with van der Waals surface area (Å²) in [4.78, 5) is 35.5. The third-order valence-electron chi connectivity index (χ3n) is 3.20. The third-order valence-corrected chi connectivity index (χ3v) is 4.00. The summed E-state index contributed by atoms with van der Waals surface area (Å²) in [6.45, 7) is 0.535. The first kappa shape index (κ1) is 15.5. The van der Waals surface area contributed by atoms with Crippen LogP contribution in [0.4, 0.5) is 5.69 Å². The maximum atomic E-state index is 12.2. The molecule has 1 N–H and O–H groups in total. The fourth-order valence-electron chi connectivity index (χ4n) is 2.04. The summed E-state index contributed by atoms with van der Waals surface area (Å²) in [6, 6.07) is 1.44. The maximum absolute atomic E-state index is 12.2. The van der Waals surface area contributed by atoms with Gasteiger partial charge in [0, 0.05) is 25.7 Å². The van der Waals surface area contributed by atoms with Crippen LogP contribution >= 0.6 is 23.2 Å². The molecule has 1 heterocycles. The van der Waals surface area contributed by atoms with E-state index in [0.29, 0.717) is 13.0 Å². The highest BCUT2D eigenvalue weighted by atomic mass is 35.5. The second-order valence-electron chi connectivity index (χ2n) is 4.62. The number of hydrogen-bond donors (Lipinski definition) is 1. The summed E-state index contributed by atoms with van der Waals surface area (Å²) in [5, 5.41) is 13.1. The van der Waals surface area contributed by atoms with E-state index in [4.69, 9.17) is 23.2 Å². The normalized spacial score (nSPS) is 18.0. The quantitative estimate of drug-likeness (QED) is 0.675. The Balaban J connectivity index is 2.27. The van der Waals surface area contributed by atoms with Crippen molar-refractivity contribution in [2.45, 2.75) is 12.5 Å². The van der Waals surface area contributed by atoms with Crippen molar-refractivity contribution in [1.82, 2.24) is 10.2 Å². The summed E-state index contributed by atoms with van der Waals surface area (Å²) in [7, 11) is 1.63. The van der Waals surface area contributed by atoms with Gasteiger partial charge in [0.25, 0.3) is 11.6 Å². The van der Waals surface area contributed by atoms with Crippen molar-refractivity contribution in [2.75, 3.05) is 13.6 Å². The molecular weight excluding hydrogens is 321 g/mol. The van der Waals surface area contributed by atoms with Gasteiger partial charge >= 0.3 is 0 Å². The lowest BCUT2D eigenvalue weighted by molar-refractivity contribution is -0.384. The SMILES string of the molecule is CN1CCC(NC(=O)c2cc([N+](=O)[O-])cc(Cl)c2Cl)C1=O. The van der Waals surface area contributed by atoms with E-state index in [1.54, 1.807) is 7.05 Å². The predicted octanol–water partition coefficient (Wildman–Crippen LogP) is 1.86. The zero-order valence-electron chi connectivity index (χ0n) is 10.9. The summed E-state index contributed by atoms with van der Waals surface area (Å²) < 4.78 is 0. The standard InChI is InChI=1S/C12H11Cl2N3O4/c1-16-3-2-9(12(16)19)15-11(18)7-4-6(17(20)21)5-8(13)10(7)14/h4-5,9H,2-3H2,1H3,(H,15,18). The second kappa shape index (κ2) is 5.87. The van der Waals surface area contributed by atoms with Gasteiger partial charge in [-0.05, 0) is 6.42 Å². The Morgan fingerprint density at radius 1 is 1.48 bits per heavy atom. The Morgan fingerprint density at radius 2 is 2.14 bits per heavy atom. The van der Waals surface area contributed by atoms with Gasteiger partial charge in [-0.15, -0.1) is 0 Å². The van der Waals surface area contributed by atoms with Crippen LogP contribution in [-0.4, -0.2) is 41.3 Å². The number of hydrogen-bond acceptors (Lipinski definition) is 4. The van der Waals surface area contributed by atoms with Crippen molar-refractivity contribution < 1.29 is 14.5 Å². The number of nitro benzene ring substituents is 1. The van der Waals surface area contributed by atoms with Crippen LogP contribution in [0.15, 0.2) is 12.1 Å². The van der Waals surface area contributed by atoms with Crippen LogP contribution in [-0.2, 0) is 4.79 Å². The van der Waals surface area contributed by atoms with E-state index >= 15 is 0 Å². The average molecular weight is 332 g/mol. The van der Waals surface area contributed by atoms with Crippen molar-refractivity contribution in [3.05, 3.63) is 37.9 Å². The zero-order chi connectivity index (χ0) is 15.7. The molecule has 21 heavy (non-hydrogen) atoms. The van der Waals surface area contributed by atoms with Crippen LogP contribution in [0, 0.1) is 10.1 Å². The molecule has 1 fully saturated rings. The Labute approximate surface area is 130 Å². The second-order valence-corrected chi connectivity index (χ2v) is 5.41. The number of non-ortho nitro benzene ring substituents is 1. The van der Waals surface area contributed by atoms with Crippen molar-refractivity contribution in [3.63, 3.8) is 0 Å². The molecule has 112 valence electrons.